The van der Waals surface area contributed by atoms with E-state index in [2.05, 4.69) is 20.3 Å². The van der Waals surface area contributed by atoms with Gasteiger partial charge in [-0.15, -0.1) is 11.3 Å². The first-order valence-electron chi connectivity index (χ1n) is 6.41. The van der Waals surface area contributed by atoms with Crippen LogP contribution in [0.15, 0.2) is 36.1 Å². The molecule has 0 spiro atoms. The van der Waals surface area contributed by atoms with Gasteiger partial charge in [0.15, 0.2) is 0 Å². The number of hydrogen-bond acceptors (Lipinski definition) is 4. The van der Waals surface area contributed by atoms with E-state index in [1.165, 1.54) is 0 Å². The Hall–Kier alpha value is -2.21. The number of hydrogen-bond donors (Lipinski definition) is 2. The van der Waals surface area contributed by atoms with Gasteiger partial charge in [0.25, 0.3) is 5.91 Å². The number of carbonyl (C=O) groups excluding carboxylic acids is 1. The van der Waals surface area contributed by atoms with Crippen LogP contribution in [0.1, 0.15) is 34.8 Å². The summed E-state index contributed by atoms with van der Waals surface area (Å²) in [6.07, 6.45) is 4.19. The highest BCUT2D eigenvalue weighted by Gasteiger charge is 2.16. The lowest BCUT2D eigenvalue weighted by atomic mass is 10.1. The average molecular weight is 286 g/mol. The molecule has 1 aromatic carbocycles. The Kier molecular flexibility index (Phi) is 3.47. The van der Waals surface area contributed by atoms with Crippen molar-refractivity contribution in [3.8, 4) is 0 Å². The summed E-state index contributed by atoms with van der Waals surface area (Å²) in [5, 5.41) is 5.87. The smallest absolute Gasteiger partial charge is 0.251 e. The topological polar surface area (TPSA) is 70.7 Å². The van der Waals surface area contributed by atoms with Crippen LogP contribution in [-0.2, 0) is 0 Å². The third kappa shape index (κ3) is 2.42. The molecule has 0 radical (unpaired) electrons. The number of aromatic nitrogens is 3. The third-order valence-corrected chi connectivity index (χ3v) is 4.03. The number of carbonyl (C=O) groups is 1. The lowest BCUT2D eigenvalue weighted by molar-refractivity contribution is 0.0935. The molecule has 6 heteroatoms. The second-order valence-electron chi connectivity index (χ2n) is 4.44. The number of nitrogens with one attached hydrogen (secondary N) is 2. The van der Waals surface area contributed by atoms with E-state index in [-0.39, 0.29) is 11.9 Å². The van der Waals surface area contributed by atoms with Crippen molar-refractivity contribution in [2.45, 2.75) is 19.4 Å². The molecular formula is C14H14N4OS. The van der Waals surface area contributed by atoms with Crippen molar-refractivity contribution in [1.29, 1.82) is 0 Å². The molecule has 1 atom stereocenters. The fourth-order valence-corrected chi connectivity index (χ4v) is 2.84. The van der Waals surface area contributed by atoms with Gasteiger partial charge in [-0.1, -0.05) is 6.92 Å². The Morgan fingerprint density at radius 2 is 2.35 bits per heavy atom. The molecule has 0 aliphatic rings. The van der Waals surface area contributed by atoms with Crippen LogP contribution in [0.25, 0.3) is 11.0 Å². The molecule has 0 bridgehead atoms. The third-order valence-electron chi connectivity index (χ3n) is 3.15. The molecule has 1 amide bonds. The Labute approximate surface area is 120 Å². The van der Waals surface area contributed by atoms with Gasteiger partial charge in [0, 0.05) is 17.1 Å². The van der Waals surface area contributed by atoms with Crippen LogP contribution in [0.5, 0.6) is 0 Å². The van der Waals surface area contributed by atoms with E-state index in [9.17, 15) is 4.79 Å². The summed E-state index contributed by atoms with van der Waals surface area (Å²) in [5.41, 5.74) is 2.34. The van der Waals surface area contributed by atoms with Gasteiger partial charge in [-0.05, 0) is 24.6 Å². The van der Waals surface area contributed by atoms with Crippen LogP contribution in [-0.4, -0.2) is 20.9 Å². The van der Waals surface area contributed by atoms with Gasteiger partial charge in [-0.2, -0.15) is 0 Å². The van der Waals surface area contributed by atoms with Crippen molar-refractivity contribution in [2.75, 3.05) is 0 Å². The maximum Gasteiger partial charge on any atom is 0.251 e. The summed E-state index contributed by atoms with van der Waals surface area (Å²) >= 11 is 1.55. The number of nitrogens with zero attached hydrogens (tertiary/aromatic N) is 2. The van der Waals surface area contributed by atoms with Gasteiger partial charge in [0.05, 0.1) is 23.4 Å². The van der Waals surface area contributed by atoms with Crippen LogP contribution in [0.2, 0.25) is 0 Å². The van der Waals surface area contributed by atoms with Crippen molar-refractivity contribution in [3.63, 3.8) is 0 Å². The van der Waals surface area contributed by atoms with Crippen molar-refractivity contribution in [1.82, 2.24) is 20.3 Å². The molecule has 0 fully saturated rings. The summed E-state index contributed by atoms with van der Waals surface area (Å²) in [4.78, 5) is 23.7. The van der Waals surface area contributed by atoms with E-state index in [1.807, 2.05) is 24.4 Å². The number of benzene rings is 1. The average Bonchev–Trinajstić information content (AvgIpc) is 3.14. The number of fused-ring (bicyclic) bond motifs is 1. The van der Waals surface area contributed by atoms with E-state index in [1.54, 1.807) is 29.9 Å². The number of amides is 1. The van der Waals surface area contributed by atoms with Crippen molar-refractivity contribution < 1.29 is 4.79 Å². The zero-order valence-electron chi connectivity index (χ0n) is 11.0. The number of thiazole rings is 1. The quantitative estimate of drug-likeness (QED) is 0.774. The predicted octanol–water partition coefficient (Wildman–Crippen LogP) is 2.90. The number of aromatic amines is 1. The van der Waals surface area contributed by atoms with Gasteiger partial charge < -0.3 is 10.3 Å². The molecule has 3 rings (SSSR count). The Balaban J connectivity index is 1.81. The maximum absolute atomic E-state index is 12.3. The molecule has 2 heterocycles. The van der Waals surface area contributed by atoms with Gasteiger partial charge in [-0.25, -0.2) is 9.97 Å². The van der Waals surface area contributed by atoms with Crippen LogP contribution in [0.4, 0.5) is 0 Å². The lowest BCUT2D eigenvalue weighted by Gasteiger charge is -2.14. The number of H-pyrrole nitrogens is 1. The first-order chi connectivity index (χ1) is 9.78. The molecule has 0 saturated carbocycles. The van der Waals surface area contributed by atoms with Gasteiger partial charge in [-0.3, -0.25) is 4.79 Å². The first kappa shape index (κ1) is 12.8. The minimum absolute atomic E-state index is 0.0417. The van der Waals surface area contributed by atoms with Crippen LogP contribution in [0.3, 0.4) is 0 Å². The fraction of sp³-hybridized carbons (Fsp3) is 0.214. The monoisotopic (exact) mass is 286 g/mol. The van der Waals surface area contributed by atoms with Crippen LogP contribution >= 0.6 is 11.3 Å². The Morgan fingerprint density at radius 1 is 1.45 bits per heavy atom. The predicted molar refractivity (Wildman–Crippen MR) is 78.7 cm³/mol. The molecule has 5 nitrogen and oxygen atoms in total. The maximum atomic E-state index is 12.3. The number of imidazole rings is 1. The first-order valence-corrected chi connectivity index (χ1v) is 7.29. The van der Waals surface area contributed by atoms with E-state index < -0.39 is 0 Å². The summed E-state index contributed by atoms with van der Waals surface area (Å²) in [6.45, 7) is 2.03. The Bertz CT molecular complexity index is 720. The molecule has 0 aliphatic heterocycles. The minimum atomic E-state index is -0.0939. The molecular weight excluding hydrogens is 272 g/mol. The summed E-state index contributed by atoms with van der Waals surface area (Å²) in [5.74, 6) is -0.0939. The highest BCUT2D eigenvalue weighted by Crippen LogP contribution is 2.20. The molecule has 2 aromatic heterocycles. The standard InChI is InChI=1S/C14H14N4OS/c1-2-10(14-15-5-6-20-14)18-13(19)9-3-4-11-12(7-9)17-8-16-11/h3-8,10H,2H2,1H3,(H,16,17)(H,18,19). The van der Waals surface area contributed by atoms with Crippen molar-refractivity contribution in [2.24, 2.45) is 0 Å². The highest BCUT2D eigenvalue weighted by atomic mass is 32.1. The lowest BCUT2D eigenvalue weighted by Crippen LogP contribution is -2.28. The molecule has 0 saturated heterocycles. The fourth-order valence-electron chi connectivity index (χ4n) is 2.06. The summed E-state index contributed by atoms with van der Waals surface area (Å²) in [7, 11) is 0. The number of rotatable bonds is 4. The normalized spacial score (nSPS) is 12.4. The van der Waals surface area contributed by atoms with Crippen LogP contribution < -0.4 is 5.32 Å². The SMILES string of the molecule is CCC(NC(=O)c1ccc2nc[nH]c2c1)c1nccs1. The second kappa shape index (κ2) is 5.42. The molecule has 2 N–H and O–H groups in total. The van der Waals surface area contributed by atoms with Gasteiger partial charge in [0.2, 0.25) is 0 Å². The van der Waals surface area contributed by atoms with Crippen molar-refractivity contribution >= 4 is 28.3 Å². The van der Waals surface area contributed by atoms with Gasteiger partial charge >= 0.3 is 0 Å². The summed E-state index contributed by atoms with van der Waals surface area (Å²) < 4.78 is 0. The van der Waals surface area contributed by atoms with Crippen LogP contribution in [0, 0.1) is 0 Å². The zero-order valence-corrected chi connectivity index (χ0v) is 11.8. The molecule has 102 valence electrons. The summed E-state index contributed by atoms with van der Waals surface area (Å²) in [6, 6.07) is 5.39. The van der Waals surface area contributed by atoms with E-state index in [0.29, 0.717) is 5.56 Å². The molecule has 20 heavy (non-hydrogen) atoms. The van der Waals surface area contributed by atoms with E-state index in [4.69, 9.17) is 0 Å². The molecule has 0 aliphatic carbocycles. The van der Waals surface area contributed by atoms with E-state index in [0.717, 1.165) is 22.5 Å². The second-order valence-corrected chi connectivity index (χ2v) is 5.37. The van der Waals surface area contributed by atoms with Gasteiger partial charge in [0.1, 0.15) is 5.01 Å². The molecule has 3 aromatic rings. The largest absolute Gasteiger partial charge is 0.345 e. The zero-order chi connectivity index (χ0) is 13.9. The van der Waals surface area contributed by atoms with Crippen molar-refractivity contribution in [3.05, 3.63) is 46.7 Å². The Morgan fingerprint density at radius 3 is 3.10 bits per heavy atom. The van der Waals surface area contributed by atoms with E-state index >= 15 is 0 Å². The highest BCUT2D eigenvalue weighted by molar-refractivity contribution is 7.09. The minimum Gasteiger partial charge on any atom is -0.345 e. The molecule has 1 unspecified atom stereocenters.